The fraction of sp³-hybridized carbons (Fsp3) is 0.417. The summed E-state index contributed by atoms with van der Waals surface area (Å²) >= 11 is 6.01. The van der Waals surface area contributed by atoms with Crippen molar-refractivity contribution in [3.05, 3.63) is 70.2 Å². The second-order valence-corrected chi connectivity index (χ2v) is 7.80. The van der Waals surface area contributed by atoms with Gasteiger partial charge in [-0.2, -0.15) is 0 Å². The van der Waals surface area contributed by atoms with Crippen LogP contribution in [0.4, 0.5) is 0 Å². The lowest BCUT2D eigenvalue weighted by molar-refractivity contribution is -0.118. The third-order valence-corrected chi connectivity index (χ3v) is 5.19. The Balaban J connectivity index is 0.000000343. The van der Waals surface area contributed by atoms with Gasteiger partial charge in [0.05, 0.1) is 12.6 Å². The van der Waals surface area contributed by atoms with Crippen molar-refractivity contribution in [2.45, 2.75) is 45.7 Å². The van der Waals surface area contributed by atoms with Gasteiger partial charge in [-0.15, -0.1) is 0 Å². The Labute approximate surface area is 184 Å². The van der Waals surface area contributed by atoms with Crippen LogP contribution in [0.5, 0.6) is 0 Å². The maximum atomic E-state index is 12.9. The number of benzene rings is 2. The fourth-order valence-electron chi connectivity index (χ4n) is 3.39. The first-order valence-electron chi connectivity index (χ1n) is 10.3. The van der Waals surface area contributed by atoms with E-state index in [1.54, 1.807) is 31.4 Å². The van der Waals surface area contributed by atoms with Crippen LogP contribution >= 0.6 is 11.6 Å². The van der Waals surface area contributed by atoms with Gasteiger partial charge in [0.25, 0.3) is 5.91 Å². The zero-order chi connectivity index (χ0) is 21.9. The number of unbranched alkanes of at least 4 members (excludes halogenated alkanes) is 1. The summed E-state index contributed by atoms with van der Waals surface area (Å²) in [5.74, 6) is 0.0671. The molecule has 0 spiro atoms. The van der Waals surface area contributed by atoms with E-state index in [0.29, 0.717) is 23.7 Å². The number of carbonyl (C=O) groups excluding carboxylic acids is 2. The van der Waals surface area contributed by atoms with Gasteiger partial charge in [-0.1, -0.05) is 55.3 Å². The van der Waals surface area contributed by atoms with E-state index in [2.05, 4.69) is 24.4 Å². The summed E-state index contributed by atoms with van der Waals surface area (Å²) in [4.78, 5) is 25.0. The SMILES string of the molecule is CCCCNC(C)=O.COCC1Cc2ccccc2CN1C(=O)c1cccc(Cl)c1. The predicted molar refractivity (Wildman–Crippen MR) is 121 cm³/mol. The van der Waals surface area contributed by atoms with Crippen LogP contribution in [0.15, 0.2) is 48.5 Å². The minimum atomic E-state index is -0.000877. The average Bonchev–Trinajstić information content (AvgIpc) is 2.73. The molecule has 0 aliphatic carbocycles. The van der Waals surface area contributed by atoms with Crippen LogP contribution in [0, 0.1) is 0 Å². The molecule has 162 valence electrons. The van der Waals surface area contributed by atoms with Crippen LogP contribution in [0.25, 0.3) is 0 Å². The van der Waals surface area contributed by atoms with E-state index in [4.69, 9.17) is 16.3 Å². The first kappa shape index (κ1) is 23.9. The predicted octanol–water partition coefficient (Wildman–Crippen LogP) is 4.48. The monoisotopic (exact) mass is 430 g/mol. The second-order valence-electron chi connectivity index (χ2n) is 7.36. The summed E-state index contributed by atoms with van der Waals surface area (Å²) in [7, 11) is 1.67. The zero-order valence-electron chi connectivity index (χ0n) is 18.0. The van der Waals surface area contributed by atoms with E-state index in [-0.39, 0.29) is 17.9 Å². The van der Waals surface area contributed by atoms with Crippen LogP contribution < -0.4 is 5.32 Å². The van der Waals surface area contributed by atoms with Crippen LogP contribution in [0.3, 0.4) is 0 Å². The molecule has 1 N–H and O–H groups in total. The molecule has 2 aromatic rings. The molecule has 1 aliphatic heterocycles. The molecular formula is C24H31ClN2O3. The van der Waals surface area contributed by atoms with E-state index in [0.717, 1.165) is 25.8 Å². The molecule has 1 aliphatic rings. The Morgan fingerprint density at radius 3 is 2.53 bits per heavy atom. The molecule has 1 heterocycles. The number of nitrogens with one attached hydrogen (secondary N) is 1. The number of fused-ring (bicyclic) bond motifs is 1. The van der Waals surface area contributed by atoms with Gasteiger partial charge in [-0.25, -0.2) is 0 Å². The lowest BCUT2D eigenvalue weighted by atomic mass is 9.93. The van der Waals surface area contributed by atoms with E-state index in [1.165, 1.54) is 18.1 Å². The maximum Gasteiger partial charge on any atom is 0.254 e. The normalized spacial score (nSPS) is 14.9. The molecule has 0 saturated carbocycles. The molecule has 0 fully saturated rings. The number of ether oxygens (including phenoxy) is 1. The topological polar surface area (TPSA) is 58.6 Å². The van der Waals surface area contributed by atoms with Crippen molar-refractivity contribution >= 4 is 23.4 Å². The van der Waals surface area contributed by atoms with Crippen molar-refractivity contribution in [3.63, 3.8) is 0 Å². The van der Waals surface area contributed by atoms with Gasteiger partial charge < -0.3 is 15.0 Å². The molecule has 0 radical (unpaired) electrons. The van der Waals surface area contributed by atoms with Crippen molar-refractivity contribution < 1.29 is 14.3 Å². The van der Waals surface area contributed by atoms with Gasteiger partial charge in [0.1, 0.15) is 0 Å². The van der Waals surface area contributed by atoms with Gasteiger partial charge in [-0.3, -0.25) is 9.59 Å². The number of carbonyl (C=O) groups is 2. The smallest absolute Gasteiger partial charge is 0.254 e. The highest BCUT2D eigenvalue weighted by atomic mass is 35.5. The third kappa shape index (κ3) is 7.15. The van der Waals surface area contributed by atoms with Crippen molar-refractivity contribution in [1.82, 2.24) is 10.2 Å². The number of amides is 2. The summed E-state index contributed by atoms with van der Waals surface area (Å²) < 4.78 is 5.32. The van der Waals surface area contributed by atoms with E-state index in [9.17, 15) is 9.59 Å². The van der Waals surface area contributed by atoms with E-state index in [1.807, 2.05) is 17.0 Å². The summed E-state index contributed by atoms with van der Waals surface area (Å²) in [6.07, 6.45) is 3.04. The van der Waals surface area contributed by atoms with Gasteiger partial charge in [0, 0.05) is 37.7 Å². The fourth-order valence-corrected chi connectivity index (χ4v) is 3.59. The molecule has 1 unspecified atom stereocenters. The number of rotatable bonds is 6. The Hall–Kier alpha value is -2.37. The van der Waals surface area contributed by atoms with E-state index >= 15 is 0 Å². The van der Waals surface area contributed by atoms with Crippen molar-refractivity contribution in [1.29, 1.82) is 0 Å². The van der Waals surface area contributed by atoms with Gasteiger partial charge >= 0.3 is 0 Å². The second kappa shape index (κ2) is 12.4. The molecule has 2 amide bonds. The van der Waals surface area contributed by atoms with Gasteiger partial charge in [-0.05, 0) is 42.2 Å². The van der Waals surface area contributed by atoms with Crippen molar-refractivity contribution in [2.75, 3.05) is 20.3 Å². The molecule has 30 heavy (non-hydrogen) atoms. The summed E-state index contributed by atoms with van der Waals surface area (Å²) in [5, 5.41) is 3.28. The molecule has 2 aromatic carbocycles. The molecular weight excluding hydrogens is 400 g/mol. The number of hydrogen-bond donors (Lipinski definition) is 1. The molecule has 0 saturated heterocycles. The minimum absolute atomic E-state index is 0.000877. The number of halogens is 1. The third-order valence-electron chi connectivity index (χ3n) is 4.95. The Bertz CT molecular complexity index is 841. The number of hydrogen-bond acceptors (Lipinski definition) is 3. The quantitative estimate of drug-likeness (QED) is 0.687. The average molecular weight is 431 g/mol. The highest BCUT2D eigenvalue weighted by Crippen LogP contribution is 2.25. The van der Waals surface area contributed by atoms with Crippen LogP contribution in [-0.2, 0) is 22.5 Å². The molecule has 5 nitrogen and oxygen atoms in total. The molecule has 6 heteroatoms. The molecule has 0 bridgehead atoms. The maximum absolute atomic E-state index is 12.9. The van der Waals surface area contributed by atoms with Crippen LogP contribution in [-0.4, -0.2) is 43.0 Å². The molecule has 0 aromatic heterocycles. The van der Waals surface area contributed by atoms with Crippen LogP contribution in [0.1, 0.15) is 48.2 Å². The highest BCUT2D eigenvalue weighted by molar-refractivity contribution is 6.30. The number of methoxy groups -OCH3 is 1. The Kier molecular flexibility index (Phi) is 9.84. The standard InChI is InChI=1S/C18H18ClNO2.C6H13NO/c1-22-12-17-10-13-5-2-3-6-15(13)11-20(17)18(21)14-7-4-8-16(19)9-14;1-3-4-5-7-6(2)8/h2-9,17H,10-12H2,1H3;3-5H2,1-2H3,(H,7,8). The van der Waals surface area contributed by atoms with Gasteiger partial charge in [0.2, 0.25) is 5.91 Å². The number of nitrogens with zero attached hydrogens (tertiary/aromatic N) is 1. The summed E-state index contributed by atoms with van der Waals surface area (Å²) in [6.45, 7) is 5.60. The van der Waals surface area contributed by atoms with Crippen molar-refractivity contribution in [2.24, 2.45) is 0 Å². The minimum Gasteiger partial charge on any atom is -0.383 e. The van der Waals surface area contributed by atoms with Crippen molar-refractivity contribution in [3.8, 4) is 0 Å². The van der Waals surface area contributed by atoms with E-state index < -0.39 is 0 Å². The summed E-state index contributed by atoms with van der Waals surface area (Å²) in [5.41, 5.74) is 3.11. The van der Waals surface area contributed by atoms with Crippen LogP contribution in [0.2, 0.25) is 5.02 Å². The zero-order valence-corrected chi connectivity index (χ0v) is 18.7. The summed E-state index contributed by atoms with van der Waals surface area (Å²) in [6, 6.07) is 15.4. The Morgan fingerprint density at radius 2 is 1.90 bits per heavy atom. The van der Waals surface area contributed by atoms with Gasteiger partial charge in [0.15, 0.2) is 0 Å². The first-order chi connectivity index (χ1) is 14.5. The first-order valence-corrected chi connectivity index (χ1v) is 10.7. The molecule has 3 rings (SSSR count). The lowest BCUT2D eigenvalue weighted by Gasteiger charge is -2.36. The largest absolute Gasteiger partial charge is 0.383 e. The lowest BCUT2D eigenvalue weighted by Crippen LogP contribution is -2.46. The Morgan fingerprint density at radius 1 is 1.17 bits per heavy atom. The highest BCUT2D eigenvalue weighted by Gasteiger charge is 2.30. The molecule has 1 atom stereocenters.